The van der Waals surface area contributed by atoms with Crippen molar-refractivity contribution in [2.24, 2.45) is 0 Å². The summed E-state index contributed by atoms with van der Waals surface area (Å²) in [7, 11) is -4.06. The summed E-state index contributed by atoms with van der Waals surface area (Å²) in [5.41, 5.74) is 0. The minimum Gasteiger partial charge on any atom is -0.404 e. The van der Waals surface area contributed by atoms with Crippen molar-refractivity contribution in [3.8, 4) is 5.75 Å². The summed E-state index contributed by atoms with van der Waals surface area (Å²) in [6, 6.07) is 4.59. The van der Waals surface area contributed by atoms with E-state index >= 15 is 0 Å². The molecule has 2 N–H and O–H groups in total. The van der Waals surface area contributed by atoms with Gasteiger partial charge in [-0.15, -0.1) is 25.6 Å². The van der Waals surface area contributed by atoms with E-state index in [1.54, 1.807) is 0 Å². The Bertz CT molecular complexity index is 538. The van der Waals surface area contributed by atoms with Crippen LogP contribution in [0.4, 0.5) is 13.2 Å². The molecular weight excluding hydrogens is 333 g/mol. The van der Waals surface area contributed by atoms with Crippen molar-refractivity contribution in [3.63, 3.8) is 0 Å². The minimum atomic E-state index is -4.95. The van der Waals surface area contributed by atoms with Crippen LogP contribution >= 0.6 is 12.4 Å². The lowest BCUT2D eigenvalue weighted by atomic mass is 10.3. The van der Waals surface area contributed by atoms with Gasteiger partial charge >= 0.3 is 6.36 Å². The van der Waals surface area contributed by atoms with Crippen molar-refractivity contribution in [3.05, 3.63) is 24.3 Å². The minimum absolute atomic E-state index is 0. The van der Waals surface area contributed by atoms with Crippen molar-refractivity contribution >= 4 is 22.4 Å². The molecule has 0 saturated carbocycles. The number of rotatable bonds is 7. The van der Waals surface area contributed by atoms with Crippen LogP contribution in [0.1, 0.15) is 6.92 Å². The lowest BCUT2D eigenvalue weighted by Crippen LogP contribution is -2.32. The number of hydrogen-bond donors (Lipinski definition) is 2. The average Bonchev–Trinajstić information content (AvgIpc) is 2.33. The van der Waals surface area contributed by atoms with Crippen LogP contribution in [0.25, 0.3) is 0 Å². The fourth-order valence-electron chi connectivity index (χ4n) is 1.41. The number of ether oxygens (including phenoxy) is 1. The van der Waals surface area contributed by atoms with Gasteiger partial charge < -0.3 is 10.1 Å². The highest BCUT2D eigenvalue weighted by atomic mass is 35.5. The lowest BCUT2D eigenvalue weighted by Gasteiger charge is -2.13. The zero-order chi connectivity index (χ0) is 15.2. The first kappa shape index (κ1) is 20.0. The Morgan fingerprint density at radius 2 is 1.81 bits per heavy atom. The SMILES string of the molecule is CCNCCNS(=O)(=O)c1ccccc1OC(F)(F)F.Cl. The Labute approximate surface area is 127 Å². The molecule has 0 unspecified atom stereocenters. The third-order valence-electron chi connectivity index (χ3n) is 2.21. The molecule has 0 aliphatic heterocycles. The molecule has 10 heteroatoms. The van der Waals surface area contributed by atoms with Crippen LogP contribution in [-0.4, -0.2) is 34.4 Å². The quantitative estimate of drug-likeness (QED) is 0.738. The van der Waals surface area contributed by atoms with Gasteiger partial charge in [-0.25, -0.2) is 13.1 Å². The van der Waals surface area contributed by atoms with Gasteiger partial charge in [0.2, 0.25) is 10.0 Å². The highest BCUT2D eigenvalue weighted by Crippen LogP contribution is 2.28. The van der Waals surface area contributed by atoms with Crippen molar-refractivity contribution in [2.75, 3.05) is 19.6 Å². The van der Waals surface area contributed by atoms with E-state index < -0.39 is 27.0 Å². The fourth-order valence-corrected chi connectivity index (χ4v) is 2.57. The molecule has 0 spiro atoms. The second-order valence-electron chi connectivity index (χ2n) is 3.75. The molecule has 122 valence electrons. The number of alkyl halides is 3. The molecule has 1 rings (SSSR count). The maximum absolute atomic E-state index is 12.2. The summed E-state index contributed by atoms with van der Waals surface area (Å²) >= 11 is 0. The summed E-state index contributed by atoms with van der Waals surface area (Å²) in [4.78, 5) is -0.547. The van der Waals surface area contributed by atoms with Crippen LogP contribution in [0.15, 0.2) is 29.2 Å². The predicted octanol–water partition coefficient (Wildman–Crippen LogP) is 1.89. The lowest BCUT2D eigenvalue weighted by molar-refractivity contribution is -0.275. The molecule has 1 aromatic carbocycles. The first-order chi connectivity index (χ1) is 9.26. The number of nitrogens with one attached hydrogen (secondary N) is 2. The second-order valence-corrected chi connectivity index (χ2v) is 5.48. The topological polar surface area (TPSA) is 67.4 Å². The maximum Gasteiger partial charge on any atom is 0.573 e. The molecular formula is C11H16ClF3N2O3S. The van der Waals surface area contributed by atoms with Crippen LogP contribution in [0.5, 0.6) is 5.75 Å². The van der Waals surface area contributed by atoms with E-state index in [4.69, 9.17) is 0 Å². The summed E-state index contributed by atoms with van der Waals surface area (Å²) < 4.78 is 66.4. The standard InChI is InChI=1S/C11H15F3N2O3S.ClH/c1-2-15-7-8-16-20(17,18)10-6-4-3-5-9(10)19-11(12,13)14;/h3-6,15-16H,2,7-8H2,1H3;1H. The molecule has 0 fully saturated rings. The third-order valence-corrected chi connectivity index (χ3v) is 3.71. The van der Waals surface area contributed by atoms with E-state index in [0.29, 0.717) is 13.1 Å². The zero-order valence-corrected chi connectivity index (χ0v) is 12.7. The zero-order valence-electron chi connectivity index (χ0n) is 11.1. The smallest absolute Gasteiger partial charge is 0.404 e. The fraction of sp³-hybridized carbons (Fsp3) is 0.455. The van der Waals surface area contributed by atoms with Gasteiger partial charge in [0.15, 0.2) is 0 Å². The van der Waals surface area contributed by atoms with Gasteiger partial charge in [-0.1, -0.05) is 19.1 Å². The molecule has 0 saturated heterocycles. The monoisotopic (exact) mass is 348 g/mol. The molecule has 0 bridgehead atoms. The number of sulfonamides is 1. The van der Waals surface area contributed by atoms with Crippen molar-refractivity contribution in [1.82, 2.24) is 10.0 Å². The van der Waals surface area contributed by atoms with E-state index in [1.165, 1.54) is 12.1 Å². The van der Waals surface area contributed by atoms with Gasteiger partial charge in [0.25, 0.3) is 0 Å². The van der Waals surface area contributed by atoms with Gasteiger partial charge in [0, 0.05) is 13.1 Å². The van der Waals surface area contributed by atoms with E-state index in [-0.39, 0.29) is 19.0 Å². The van der Waals surface area contributed by atoms with Crippen molar-refractivity contribution < 1.29 is 26.3 Å². The van der Waals surface area contributed by atoms with Gasteiger partial charge in [0.05, 0.1) is 0 Å². The normalized spacial score (nSPS) is 11.8. The first-order valence-corrected chi connectivity index (χ1v) is 7.30. The van der Waals surface area contributed by atoms with E-state index in [2.05, 4.69) is 14.8 Å². The Kier molecular flexibility index (Phi) is 8.01. The van der Waals surface area contributed by atoms with Crippen LogP contribution < -0.4 is 14.8 Å². The number of benzene rings is 1. The van der Waals surface area contributed by atoms with Crippen LogP contribution in [0.2, 0.25) is 0 Å². The Morgan fingerprint density at radius 3 is 2.38 bits per heavy atom. The van der Waals surface area contributed by atoms with Crippen LogP contribution in [0, 0.1) is 0 Å². The molecule has 0 aromatic heterocycles. The van der Waals surface area contributed by atoms with Crippen LogP contribution in [-0.2, 0) is 10.0 Å². The molecule has 0 radical (unpaired) electrons. The van der Waals surface area contributed by atoms with Crippen molar-refractivity contribution in [2.45, 2.75) is 18.2 Å². The Hall–Kier alpha value is -1.03. The third kappa shape index (κ3) is 6.98. The van der Waals surface area contributed by atoms with E-state index in [9.17, 15) is 21.6 Å². The van der Waals surface area contributed by atoms with Gasteiger partial charge in [-0.05, 0) is 18.7 Å². The number of hydrogen-bond acceptors (Lipinski definition) is 4. The molecule has 0 aliphatic rings. The maximum atomic E-state index is 12.2. The largest absolute Gasteiger partial charge is 0.573 e. The summed E-state index contributed by atoms with van der Waals surface area (Å²) in [6.07, 6.45) is -4.95. The number of likely N-dealkylation sites (N-methyl/N-ethyl adjacent to an activating group) is 1. The summed E-state index contributed by atoms with van der Waals surface area (Å²) in [5, 5.41) is 2.89. The van der Waals surface area contributed by atoms with E-state index in [0.717, 1.165) is 12.1 Å². The first-order valence-electron chi connectivity index (χ1n) is 5.81. The molecule has 0 amide bonds. The number of halogens is 4. The average molecular weight is 349 g/mol. The van der Waals surface area contributed by atoms with Crippen molar-refractivity contribution in [1.29, 1.82) is 0 Å². The molecule has 0 heterocycles. The predicted molar refractivity (Wildman–Crippen MR) is 74.1 cm³/mol. The molecule has 1 aromatic rings. The molecule has 21 heavy (non-hydrogen) atoms. The highest BCUT2D eigenvalue weighted by molar-refractivity contribution is 7.89. The Morgan fingerprint density at radius 1 is 1.19 bits per heavy atom. The molecule has 0 aliphatic carbocycles. The number of para-hydroxylation sites is 1. The van der Waals surface area contributed by atoms with Gasteiger partial charge in [0.1, 0.15) is 10.6 Å². The molecule has 5 nitrogen and oxygen atoms in total. The highest BCUT2D eigenvalue weighted by Gasteiger charge is 2.33. The molecule has 0 atom stereocenters. The van der Waals surface area contributed by atoms with Crippen LogP contribution in [0.3, 0.4) is 0 Å². The second kappa shape index (κ2) is 8.42. The van der Waals surface area contributed by atoms with Gasteiger partial charge in [-0.2, -0.15) is 0 Å². The van der Waals surface area contributed by atoms with E-state index in [1.807, 2.05) is 6.92 Å². The summed E-state index contributed by atoms with van der Waals surface area (Å²) in [6.45, 7) is 2.95. The van der Waals surface area contributed by atoms with Gasteiger partial charge in [-0.3, -0.25) is 0 Å². The Balaban J connectivity index is 0.00000400. The summed E-state index contributed by atoms with van der Waals surface area (Å²) in [5.74, 6) is -0.754.